The van der Waals surface area contributed by atoms with Gasteiger partial charge in [0.2, 0.25) is 0 Å². The van der Waals surface area contributed by atoms with Gasteiger partial charge in [-0.2, -0.15) is 35.8 Å². The molecule has 220 valence electrons. The van der Waals surface area contributed by atoms with Gasteiger partial charge >= 0.3 is 0 Å². The predicted molar refractivity (Wildman–Crippen MR) is 223 cm³/mol. The highest BCUT2D eigenvalue weighted by molar-refractivity contribution is 8.46. The highest BCUT2D eigenvalue weighted by atomic mass is 32.3. The minimum atomic E-state index is 0.555. The van der Waals surface area contributed by atoms with Crippen LogP contribution in [0.25, 0.3) is 0 Å². The Morgan fingerprint density at radius 1 is 0.537 bits per heavy atom. The summed E-state index contributed by atoms with van der Waals surface area (Å²) in [5, 5.41) is 19.1. The van der Waals surface area contributed by atoms with E-state index in [9.17, 15) is 0 Å². The molecule has 0 unspecified atom stereocenters. The van der Waals surface area contributed by atoms with Crippen molar-refractivity contribution in [2.24, 2.45) is 0 Å². The lowest BCUT2D eigenvalue weighted by atomic mass is 10.6. The fourth-order valence-electron chi connectivity index (χ4n) is 2.87. The summed E-state index contributed by atoms with van der Waals surface area (Å²) in [5.41, 5.74) is 0. The lowest BCUT2D eigenvalue weighted by molar-refractivity contribution is 1.24. The molecule has 0 saturated carbocycles. The largest absolute Gasteiger partial charge is 0.198 e. The fourth-order valence-corrected chi connectivity index (χ4v) is 24.0. The Bertz CT molecular complexity index is 1160. The van der Waals surface area contributed by atoms with E-state index in [0.29, 0.717) is 12.8 Å². The molecular formula is C23H22N2S16. The van der Waals surface area contributed by atoms with Gasteiger partial charge in [0.1, 0.15) is 0 Å². The van der Waals surface area contributed by atoms with E-state index in [1.165, 1.54) is 52.2 Å². The maximum absolute atomic E-state index is 9.09. The summed E-state index contributed by atoms with van der Waals surface area (Å²) in [5.74, 6) is 3.13. The van der Waals surface area contributed by atoms with Crippen molar-refractivity contribution in [2.45, 2.75) is 12.8 Å². The first-order valence-electron chi connectivity index (χ1n) is 11.5. The van der Waals surface area contributed by atoms with E-state index in [4.69, 9.17) is 10.5 Å². The number of thioether (sulfide) groups is 14. The van der Waals surface area contributed by atoms with Crippen molar-refractivity contribution in [2.75, 3.05) is 40.6 Å². The molecule has 4 rings (SSSR count). The second-order valence-corrected chi connectivity index (χ2v) is 24.9. The van der Waals surface area contributed by atoms with E-state index in [0.717, 1.165) is 28.1 Å². The van der Waals surface area contributed by atoms with Gasteiger partial charge in [0, 0.05) is 50.7 Å². The molecule has 0 aromatic carbocycles. The molecule has 4 aliphatic rings. The number of nitriles is 2. The van der Waals surface area contributed by atoms with Gasteiger partial charge in [-0.1, -0.05) is 94.1 Å². The summed E-state index contributed by atoms with van der Waals surface area (Å²) in [4.78, 5) is 2.62. The summed E-state index contributed by atoms with van der Waals surface area (Å²) >= 11 is 35.2. The molecule has 0 saturated heterocycles. The van der Waals surface area contributed by atoms with Crippen LogP contribution in [-0.2, 0) is 0 Å². The van der Waals surface area contributed by atoms with E-state index in [1.807, 2.05) is 153 Å². The van der Waals surface area contributed by atoms with Crippen molar-refractivity contribution >= 4 is 190 Å². The Labute approximate surface area is 313 Å². The topological polar surface area (TPSA) is 47.6 Å². The number of thiol groups is 2. The number of hydrogen-bond donors (Lipinski definition) is 2. The zero-order chi connectivity index (χ0) is 29.2. The molecule has 18 heteroatoms. The summed E-state index contributed by atoms with van der Waals surface area (Å²) in [6, 6.07) is 4.57. The molecule has 0 aliphatic carbocycles. The summed E-state index contributed by atoms with van der Waals surface area (Å²) in [6.45, 7) is 0. The Kier molecular flexibility index (Phi) is 17.7. The van der Waals surface area contributed by atoms with Crippen molar-refractivity contribution in [3.63, 3.8) is 0 Å². The number of rotatable bonds is 14. The Morgan fingerprint density at radius 2 is 0.878 bits per heavy atom. The normalized spacial score (nSPS) is 19.6. The van der Waals surface area contributed by atoms with Gasteiger partial charge in [0.25, 0.3) is 0 Å². The molecule has 0 atom stereocenters. The molecular weight excluding hydrogens is 817 g/mol. The van der Waals surface area contributed by atoms with Crippen LogP contribution in [0.2, 0.25) is 0 Å². The van der Waals surface area contributed by atoms with Crippen LogP contribution in [0.1, 0.15) is 12.8 Å². The monoisotopic (exact) mass is 838 g/mol. The molecule has 0 spiro atoms. The average Bonchev–Trinajstić information content (AvgIpc) is 3.77. The minimum absolute atomic E-state index is 0.555. The van der Waals surface area contributed by atoms with Gasteiger partial charge in [0.05, 0.1) is 54.5 Å². The van der Waals surface area contributed by atoms with E-state index in [1.54, 1.807) is 11.8 Å². The molecule has 41 heavy (non-hydrogen) atoms. The van der Waals surface area contributed by atoms with Gasteiger partial charge in [0.15, 0.2) is 0 Å². The lowest BCUT2D eigenvalue weighted by Gasteiger charge is -2.06. The van der Waals surface area contributed by atoms with Crippen molar-refractivity contribution < 1.29 is 0 Å². The molecule has 4 aliphatic heterocycles. The minimum Gasteiger partial charge on any atom is -0.198 e. The van der Waals surface area contributed by atoms with Gasteiger partial charge in [-0.05, 0) is 12.5 Å². The number of nitrogens with zero attached hydrogens (tertiary/aromatic N) is 2. The fraction of sp³-hybridized carbons (Fsp3) is 0.391. The molecule has 2 nitrogen and oxygen atoms in total. The van der Waals surface area contributed by atoms with Crippen LogP contribution in [0.4, 0.5) is 0 Å². The van der Waals surface area contributed by atoms with Crippen LogP contribution in [-0.4, -0.2) is 40.6 Å². The summed E-state index contributed by atoms with van der Waals surface area (Å²) in [6.07, 6.45) is 5.43. The molecule has 0 radical (unpaired) electrons. The van der Waals surface area contributed by atoms with Gasteiger partial charge < -0.3 is 0 Å². The molecule has 4 heterocycles. The van der Waals surface area contributed by atoms with Crippen LogP contribution in [0.5, 0.6) is 0 Å². The second-order valence-electron chi connectivity index (χ2n) is 7.18. The third-order valence-corrected chi connectivity index (χ3v) is 25.8. The van der Waals surface area contributed by atoms with E-state index in [-0.39, 0.29) is 0 Å². The lowest BCUT2D eigenvalue weighted by Crippen LogP contribution is -1.80. The smallest absolute Gasteiger partial charge is 0.0717 e. The van der Waals surface area contributed by atoms with E-state index in [2.05, 4.69) is 49.9 Å². The van der Waals surface area contributed by atoms with Crippen LogP contribution in [0.3, 0.4) is 0 Å². The maximum Gasteiger partial charge on any atom is 0.0717 e. The molecule has 0 amide bonds. The Hall–Kier alpha value is 3.02. The van der Waals surface area contributed by atoms with E-state index < -0.39 is 0 Å². The first kappa shape index (κ1) is 36.8. The highest BCUT2D eigenvalue weighted by Crippen LogP contribution is 2.67. The van der Waals surface area contributed by atoms with Crippen LogP contribution in [0.15, 0.2) is 52.2 Å². The summed E-state index contributed by atoms with van der Waals surface area (Å²) < 4.78 is 13.6. The molecule has 0 N–H and O–H groups in total. The van der Waals surface area contributed by atoms with Gasteiger partial charge in [-0.25, -0.2) is 0 Å². The van der Waals surface area contributed by atoms with Crippen molar-refractivity contribution in [1.82, 2.24) is 0 Å². The molecule has 0 aromatic rings. The standard InChI is InChI=1S/C23H22N2S16/c1-28-14-15(29-2)37-22(36-14)23-39-17(31-8-4-6-25)19(41-23)33-11-32-18-16(30-7-3-5-24)38-21(40-18)20-34-12(9-26)13(10-27)35-20/h26-27H,3-4,7-11H2,1-2H3. The van der Waals surface area contributed by atoms with Gasteiger partial charge in [-0.15, -0.1) is 70.6 Å². The maximum atomic E-state index is 9.09. The summed E-state index contributed by atoms with van der Waals surface area (Å²) in [7, 11) is 0. The Morgan fingerprint density at radius 3 is 1.22 bits per heavy atom. The molecule has 0 aromatic heterocycles. The quantitative estimate of drug-likeness (QED) is 0.0990. The molecule has 0 bridgehead atoms. The van der Waals surface area contributed by atoms with Crippen molar-refractivity contribution in [1.29, 1.82) is 10.5 Å². The third-order valence-electron chi connectivity index (χ3n) is 4.62. The zero-order valence-corrected chi connectivity index (χ0v) is 34.7. The SMILES string of the molecule is CSC1=C(SC)SC(=C2SC(SCCC#N)=C(SCSC3=C(SCCC#N)SC(=C4SC(CS)=C(CS)S4)S3)S2)S1. The van der Waals surface area contributed by atoms with Crippen LogP contribution in [0, 0.1) is 22.7 Å². The first-order valence-corrected chi connectivity index (χ1v) is 25.6. The van der Waals surface area contributed by atoms with Crippen LogP contribution >= 0.6 is 190 Å². The zero-order valence-electron chi connectivity index (χ0n) is 21.5. The van der Waals surface area contributed by atoms with Crippen LogP contribution < -0.4 is 0 Å². The number of hydrogen-bond acceptors (Lipinski definition) is 18. The van der Waals surface area contributed by atoms with Crippen molar-refractivity contribution in [3.05, 3.63) is 52.2 Å². The molecule has 0 fully saturated rings. The third kappa shape index (κ3) is 10.5. The second kappa shape index (κ2) is 19.7. The first-order chi connectivity index (χ1) is 20.0. The average molecular weight is 840 g/mol. The van der Waals surface area contributed by atoms with Crippen molar-refractivity contribution in [3.8, 4) is 12.1 Å². The van der Waals surface area contributed by atoms with Gasteiger partial charge in [-0.3, -0.25) is 0 Å². The predicted octanol–water partition coefficient (Wildman–Crippen LogP) is 13.1. The Balaban J connectivity index is 1.43. The highest BCUT2D eigenvalue weighted by Gasteiger charge is 2.32. The van der Waals surface area contributed by atoms with E-state index >= 15 is 0 Å².